The molecule has 2 nitrogen and oxygen atoms in total. The molecule has 0 aliphatic rings. The molecule has 0 aliphatic carbocycles. The van der Waals surface area contributed by atoms with Crippen LogP contribution in [-0.2, 0) is 0 Å². The Morgan fingerprint density at radius 2 is 2.06 bits per heavy atom. The van der Waals surface area contributed by atoms with E-state index in [4.69, 9.17) is 23.1 Å². The molecule has 0 heterocycles. The molecule has 0 aromatic heterocycles. The van der Waals surface area contributed by atoms with Gasteiger partial charge in [0.1, 0.15) is 5.82 Å². The second-order valence-corrected chi connectivity index (χ2v) is 4.39. The maximum Gasteiger partial charge on any atom is 0.132 e. The smallest absolute Gasteiger partial charge is 0.132 e. The van der Waals surface area contributed by atoms with Crippen LogP contribution >= 0.6 is 11.6 Å². The van der Waals surface area contributed by atoms with Crippen LogP contribution in [0.1, 0.15) is 36.4 Å². The van der Waals surface area contributed by atoms with Crippen LogP contribution in [0.5, 0.6) is 0 Å². The molecule has 0 aliphatic heterocycles. The fourth-order valence-corrected chi connectivity index (χ4v) is 1.96. The summed E-state index contributed by atoms with van der Waals surface area (Å²) >= 11 is 5.96. The second-order valence-electron chi connectivity index (χ2n) is 3.98. The van der Waals surface area contributed by atoms with Gasteiger partial charge in [0, 0.05) is 16.6 Å². The minimum atomic E-state index is -0.348. The van der Waals surface area contributed by atoms with E-state index in [1.165, 1.54) is 0 Å². The number of benzene rings is 1. The summed E-state index contributed by atoms with van der Waals surface area (Å²) in [6.45, 7) is 2.35. The molecule has 0 saturated carbocycles. The molecule has 0 unspecified atom stereocenters. The van der Waals surface area contributed by atoms with E-state index in [1.54, 1.807) is 19.1 Å². The van der Waals surface area contributed by atoms with Gasteiger partial charge < -0.3 is 11.5 Å². The summed E-state index contributed by atoms with van der Waals surface area (Å²) < 4.78 is 13.8. The molecule has 1 aromatic carbocycles. The fourth-order valence-electron chi connectivity index (χ4n) is 1.67. The summed E-state index contributed by atoms with van der Waals surface area (Å²) in [6, 6.07) is 3.00. The van der Waals surface area contributed by atoms with E-state index < -0.39 is 0 Å². The highest BCUT2D eigenvalue weighted by atomic mass is 35.5. The van der Waals surface area contributed by atoms with Crippen molar-refractivity contribution in [1.82, 2.24) is 0 Å². The predicted octanol–water partition coefficient (Wildman–Crippen LogP) is 2.92. The van der Waals surface area contributed by atoms with Crippen molar-refractivity contribution in [2.75, 3.05) is 6.54 Å². The number of nitrogens with two attached hydrogens (primary N) is 2. The van der Waals surface area contributed by atoms with Crippen LogP contribution in [0.25, 0.3) is 0 Å². The van der Waals surface area contributed by atoms with Crippen LogP contribution in [0.2, 0.25) is 5.02 Å². The Balaban J connectivity index is 2.81. The molecule has 16 heavy (non-hydrogen) atoms. The molecular weight excluding hydrogens is 227 g/mol. The maximum atomic E-state index is 13.8. The highest BCUT2D eigenvalue weighted by Crippen LogP contribution is 2.29. The standard InChI is InChI=1S/C12H18ClFN2/c1-8-5-6-9(13)11(12(8)14)10(16)4-2-3-7-15/h5-6,10H,2-4,7,15-16H2,1H3/t10-/m0/s1. The van der Waals surface area contributed by atoms with Gasteiger partial charge in [-0.3, -0.25) is 0 Å². The first-order chi connectivity index (χ1) is 7.57. The highest BCUT2D eigenvalue weighted by Gasteiger charge is 2.16. The van der Waals surface area contributed by atoms with Crippen LogP contribution < -0.4 is 11.5 Å². The molecule has 0 radical (unpaired) electrons. The largest absolute Gasteiger partial charge is 0.330 e. The van der Waals surface area contributed by atoms with Gasteiger partial charge in [0.2, 0.25) is 0 Å². The quantitative estimate of drug-likeness (QED) is 0.783. The molecule has 0 saturated heterocycles. The van der Waals surface area contributed by atoms with Crippen LogP contribution in [0.4, 0.5) is 4.39 Å². The van der Waals surface area contributed by atoms with Gasteiger partial charge in [0.05, 0.1) is 0 Å². The summed E-state index contributed by atoms with van der Waals surface area (Å²) in [5.41, 5.74) is 12.3. The van der Waals surface area contributed by atoms with Crippen LogP contribution in [0, 0.1) is 12.7 Å². The molecule has 4 heteroatoms. The zero-order valence-electron chi connectivity index (χ0n) is 9.47. The highest BCUT2D eigenvalue weighted by molar-refractivity contribution is 6.31. The number of hydrogen-bond donors (Lipinski definition) is 2. The van der Waals surface area contributed by atoms with Crippen LogP contribution in [-0.4, -0.2) is 6.54 Å². The number of aryl methyl sites for hydroxylation is 1. The van der Waals surface area contributed by atoms with Crippen molar-refractivity contribution in [3.63, 3.8) is 0 Å². The predicted molar refractivity (Wildman–Crippen MR) is 66.0 cm³/mol. The molecule has 0 bridgehead atoms. The van der Waals surface area contributed by atoms with Crippen molar-refractivity contribution in [3.8, 4) is 0 Å². The minimum absolute atomic E-state index is 0.284. The summed E-state index contributed by atoms with van der Waals surface area (Å²) in [7, 11) is 0. The molecule has 4 N–H and O–H groups in total. The molecule has 0 fully saturated rings. The van der Waals surface area contributed by atoms with E-state index in [1.807, 2.05) is 0 Å². The lowest BCUT2D eigenvalue weighted by molar-refractivity contribution is 0.539. The van der Waals surface area contributed by atoms with E-state index >= 15 is 0 Å². The van der Waals surface area contributed by atoms with Gasteiger partial charge in [-0.15, -0.1) is 0 Å². The first-order valence-electron chi connectivity index (χ1n) is 5.48. The number of hydrogen-bond acceptors (Lipinski definition) is 2. The van der Waals surface area contributed by atoms with Crippen molar-refractivity contribution in [1.29, 1.82) is 0 Å². The first-order valence-corrected chi connectivity index (χ1v) is 5.86. The second kappa shape index (κ2) is 6.18. The SMILES string of the molecule is Cc1ccc(Cl)c([C@@H](N)CCCCN)c1F. The third kappa shape index (κ3) is 3.17. The van der Waals surface area contributed by atoms with Crippen LogP contribution in [0.15, 0.2) is 12.1 Å². The van der Waals surface area contributed by atoms with Crippen molar-refractivity contribution in [2.24, 2.45) is 11.5 Å². The third-order valence-electron chi connectivity index (χ3n) is 2.66. The molecule has 90 valence electrons. The molecule has 0 amide bonds. The van der Waals surface area contributed by atoms with E-state index in [0.717, 1.165) is 12.8 Å². The van der Waals surface area contributed by atoms with E-state index in [2.05, 4.69) is 0 Å². The van der Waals surface area contributed by atoms with Crippen molar-refractivity contribution < 1.29 is 4.39 Å². The minimum Gasteiger partial charge on any atom is -0.330 e. The zero-order valence-corrected chi connectivity index (χ0v) is 10.2. The molecule has 0 spiro atoms. The van der Waals surface area contributed by atoms with Gasteiger partial charge in [-0.05, 0) is 37.9 Å². The molecule has 1 aromatic rings. The summed E-state index contributed by atoms with van der Waals surface area (Å²) in [5.74, 6) is -0.284. The molecule has 1 rings (SSSR count). The fraction of sp³-hybridized carbons (Fsp3) is 0.500. The monoisotopic (exact) mass is 244 g/mol. The zero-order chi connectivity index (χ0) is 12.1. The molecule has 1 atom stereocenters. The lowest BCUT2D eigenvalue weighted by Crippen LogP contribution is -2.14. The number of unbranched alkanes of at least 4 members (excludes halogenated alkanes) is 1. The first kappa shape index (κ1) is 13.4. The Kier molecular flexibility index (Phi) is 5.19. The van der Waals surface area contributed by atoms with Gasteiger partial charge >= 0.3 is 0 Å². The summed E-state index contributed by atoms with van der Waals surface area (Å²) in [4.78, 5) is 0. The Morgan fingerprint density at radius 3 is 2.69 bits per heavy atom. The average Bonchev–Trinajstić information content (AvgIpc) is 2.24. The Hall–Kier alpha value is -0.640. The van der Waals surface area contributed by atoms with Gasteiger partial charge in [-0.2, -0.15) is 0 Å². The summed E-state index contributed by atoms with van der Waals surface area (Å²) in [6.07, 6.45) is 2.50. The van der Waals surface area contributed by atoms with E-state index in [9.17, 15) is 4.39 Å². The Labute approximate surface area is 101 Å². The lowest BCUT2D eigenvalue weighted by atomic mass is 9.99. The van der Waals surface area contributed by atoms with Gasteiger partial charge in [-0.1, -0.05) is 24.1 Å². The van der Waals surface area contributed by atoms with Crippen molar-refractivity contribution in [3.05, 3.63) is 34.1 Å². The number of rotatable bonds is 5. The van der Waals surface area contributed by atoms with Gasteiger partial charge in [0.25, 0.3) is 0 Å². The maximum absolute atomic E-state index is 13.8. The topological polar surface area (TPSA) is 52.0 Å². The third-order valence-corrected chi connectivity index (χ3v) is 2.99. The van der Waals surface area contributed by atoms with Crippen molar-refractivity contribution in [2.45, 2.75) is 32.2 Å². The Bertz CT molecular complexity index is 355. The normalized spacial score (nSPS) is 12.8. The molecular formula is C12H18ClFN2. The Morgan fingerprint density at radius 1 is 1.38 bits per heavy atom. The van der Waals surface area contributed by atoms with E-state index in [0.29, 0.717) is 29.1 Å². The lowest BCUT2D eigenvalue weighted by Gasteiger charge is -2.15. The summed E-state index contributed by atoms with van der Waals surface area (Å²) in [5, 5.41) is 0.406. The van der Waals surface area contributed by atoms with Gasteiger partial charge in [0.15, 0.2) is 0 Å². The average molecular weight is 245 g/mol. The van der Waals surface area contributed by atoms with Crippen molar-refractivity contribution >= 4 is 11.6 Å². The van der Waals surface area contributed by atoms with Crippen LogP contribution in [0.3, 0.4) is 0 Å². The van der Waals surface area contributed by atoms with E-state index in [-0.39, 0.29) is 11.9 Å². The van der Waals surface area contributed by atoms with Gasteiger partial charge in [-0.25, -0.2) is 4.39 Å². The number of halogens is 2.